The molecule has 5 nitrogen and oxygen atoms in total. The molecule has 0 atom stereocenters. The molecule has 0 spiro atoms. The van der Waals surface area contributed by atoms with Gasteiger partial charge in [0, 0.05) is 24.1 Å². The van der Waals surface area contributed by atoms with E-state index in [0.717, 1.165) is 17.1 Å². The van der Waals surface area contributed by atoms with Crippen molar-refractivity contribution in [1.29, 1.82) is 0 Å². The molecule has 100 valence electrons. The third-order valence-corrected chi connectivity index (χ3v) is 3.31. The summed E-state index contributed by atoms with van der Waals surface area (Å²) in [4.78, 5) is 18.0. The Morgan fingerprint density at radius 2 is 1.95 bits per heavy atom. The van der Waals surface area contributed by atoms with Gasteiger partial charge in [0.25, 0.3) is 0 Å². The molecule has 0 unspecified atom stereocenters. The van der Waals surface area contributed by atoms with E-state index in [1.54, 1.807) is 30.4 Å². The number of nitrogen functional groups attached to an aromatic ring is 1. The molecule has 1 amide bonds. The topological polar surface area (TPSA) is 64.2 Å². The third kappa shape index (κ3) is 2.76. The van der Waals surface area contributed by atoms with Crippen molar-refractivity contribution in [3.8, 4) is 0 Å². The van der Waals surface area contributed by atoms with Gasteiger partial charge < -0.3 is 15.2 Å². The summed E-state index contributed by atoms with van der Waals surface area (Å²) in [6.45, 7) is 4.17. The lowest BCUT2D eigenvalue weighted by molar-refractivity contribution is -0.118. The minimum Gasteiger partial charge on any atom is -0.399 e. The fourth-order valence-corrected chi connectivity index (χ4v) is 1.80. The van der Waals surface area contributed by atoms with Gasteiger partial charge in [0.15, 0.2) is 0 Å². The second kappa shape index (κ2) is 5.14. The predicted molar refractivity (Wildman–Crippen MR) is 76.0 cm³/mol. The molecule has 0 bridgehead atoms. The number of aryl methyl sites for hydroxylation is 1. The van der Waals surface area contributed by atoms with Crippen LogP contribution in [0.2, 0.25) is 0 Å². The number of imidazole rings is 1. The first-order valence-corrected chi connectivity index (χ1v) is 6.09. The van der Waals surface area contributed by atoms with E-state index in [9.17, 15) is 4.79 Å². The van der Waals surface area contributed by atoms with Gasteiger partial charge in [-0.2, -0.15) is 0 Å². The number of amides is 1. The zero-order valence-electron chi connectivity index (χ0n) is 11.4. The van der Waals surface area contributed by atoms with Crippen molar-refractivity contribution in [2.45, 2.75) is 20.4 Å². The minimum atomic E-state index is 0.00488. The van der Waals surface area contributed by atoms with Crippen LogP contribution in [0, 0.1) is 13.8 Å². The zero-order valence-corrected chi connectivity index (χ0v) is 11.4. The summed E-state index contributed by atoms with van der Waals surface area (Å²) in [6.07, 6.45) is 1.69. The van der Waals surface area contributed by atoms with Crippen molar-refractivity contribution in [1.82, 2.24) is 9.55 Å². The Morgan fingerprint density at radius 3 is 2.47 bits per heavy atom. The molecule has 0 saturated carbocycles. The van der Waals surface area contributed by atoms with Crippen molar-refractivity contribution in [3.63, 3.8) is 0 Å². The molecule has 1 aromatic carbocycles. The van der Waals surface area contributed by atoms with Crippen LogP contribution in [0.3, 0.4) is 0 Å². The SMILES string of the molecule is Cc1ncn(CC(=O)N(C)c2ccc(N)cc2)c1C. The molecule has 0 saturated heterocycles. The van der Waals surface area contributed by atoms with Crippen molar-refractivity contribution in [2.24, 2.45) is 0 Å². The van der Waals surface area contributed by atoms with Crippen LogP contribution >= 0.6 is 0 Å². The molecule has 0 aliphatic rings. The lowest BCUT2D eigenvalue weighted by atomic mass is 10.2. The van der Waals surface area contributed by atoms with Crippen LogP contribution in [0.1, 0.15) is 11.4 Å². The molecule has 1 heterocycles. The number of carbonyl (C=O) groups excluding carboxylic acids is 1. The van der Waals surface area contributed by atoms with E-state index in [4.69, 9.17) is 5.73 Å². The van der Waals surface area contributed by atoms with E-state index >= 15 is 0 Å². The second-order valence-corrected chi connectivity index (χ2v) is 4.59. The highest BCUT2D eigenvalue weighted by Gasteiger charge is 2.13. The maximum absolute atomic E-state index is 12.2. The van der Waals surface area contributed by atoms with E-state index < -0.39 is 0 Å². The van der Waals surface area contributed by atoms with E-state index in [-0.39, 0.29) is 12.5 Å². The summed E-state index contributed by atoms with van der Waals surface area (Å²) >= 11 is 0. The number of hydrogen-bond donors (Lipinski definition) is 1. The molecule has 2 rings (SSSR count). The number of nitrogens with zero attached hydrogens (tertiary/aromatic N) is 3. The lowest BCUT2D eigenvalue weighted by Gasteiger charge is -2.18. The minimum absolute atomic E-state index is 0.00488. The fraction of sp³-hybridized carbons (Fsp3) is 0.286. The van der Waals surface area contributed by atoms with Gasteiger partial charge >= 0.3 is 0 Å². The van der Waals surface area contributed by atoms with Crippen LogP contribution in [-0.2, 0) is 11.3 Å². The van der Waals surface area contributed by atoms with E-state index in [0.29, 0.717) is 5.69 Å². The number of aromatic nitrogens is 2. The van der Waals surface area contributed by atoms with Crippen molar-refractivity contribution >= 4 is 17.3 Å². The smallest absolute Gasteiger partial charge is 0.246 e. The number of rotatable bonds is 3. The summed E-state index contributed by atoms with van der Waals surface area (Å²) in [6, 6.07) is 7.23. The monoisotopic (exact) mass is 258 g/mol. The standard InChI is InChI=1S/C14H18N4O/c1-10-11(2)18(9-16-10)8-14(19)17(3)13-6-4-12(15)5-7-13/h4-7,9H,8,15H2,1-3H3. The molecule has 0 radical (unpaired) electrons. The van der Waals surface area contributed by atoms with Crippen LogP contribution in [0.25, 0.3) is 0 Å². The first-order valence-electron chi connectivity index (χ1n) is 6.09. The molecule has 19 heavy (non-hydrogen) atoms. The maximum Gasteiger partial charge on any atom is 0.246 e. The molecule has 0 fully saturated rings. The van der Waals surface area contributed by atoms with E-state index in [1.165, 1.54) is 0 Å². The number of likely N-dealkylation sites (N-methyl/N-ethyl adjacent to an activating group) is 1. The van der Waals surface area contributed by atoms with E-state index in [2.05, 4.69) is 4.98 Å². The van der Waals surface area contributed by atoms with Gasteiger partial charge in [-0.05, 0) is 38.1 Å². The Balaban J connectivity index is 2.11. The maximum atomic E-state index is 12.2. The summed E-state index contributed by atoms with van der Waals surface area (Å²) in [5, 5.41) is 0. The molecule has 0 aliphatic heterocycles. The fourth-order valence-electron chi connectivity index (χ4n) is 1.80. The predicted octanol–water partition coefficient (Wildman–Crippen LogP) is 1.75. The number of benzene rings is 1. The van der Waals surface area contributed by atoms with E-state index in [1.807, 2.05) is 30.5 Å². The van der Waals surface area contributed by atoms with Gasteiger partial charge in [-0.1, -0.05) is 0 Å². The Labute approximate surface area is 112 Å². The molecule has 0 aliphatic carbocycles. The van der Waals surface area contributed by atoms with Crippen molar-refractivity contribution in [3.05, 3.63) is 42.0 Å². The van der Waals surface area contributed by atoms with Gasteiger partial charge in [0.2, 0.25) is 5.91 Å². The Bertz CT molecular complexity index is 586. The van der Waals surface area contributed by atoms with Crippen LogP contribution in [0.15, 0.2) is 30.6 Å². The number of carbonyl (C=O) groups is 1. The molecule has 2 aromatic rings. The number of hydrogen-bond acceptors (Lipinski definition) is 3. The quantitative estimate of drug-likeness (QED) is 0.853. The van der Waals surface area contributed by atoms with Crippen molar-refractivity contribution in [2.75, 3.05) is 17.7 Å². The number of anilines is 2. The van der Waals surface area contributed by atoms with Gasteiger partial charge in [0.05, 0.1) is 12.0 Å². The van der Waals surface area contributed by atoms with Crippen LogP contribution in [-0.4, -0.2) is 22.5 Å². The summed E-state index contributed by atoms with van der Waals surface area (Å²) in [7, 11) is 1.76. The first-order chi connectivity index (χ1) is 8.99. The third-order valence-electron chi connectivity index (χ3n) is 3.31. The largest absolute Gasteiger partial charge is 0.399 e. The van der Waals surface area contributed by atoms with Crippen LogP contribution in [0.4, 0.5) is 11.4 Å². The highest BCUT2D eigenvalue weighted by atomic mass is 16.2. The summed E-state index contributed by atoms with van der Waals surface area (Å²) in [5.74, 6) is 0.00488. The Morgan fingerprint density at radius 1 is 1.32 bits per heavy atom. The molecular formula is C14H18N4O. The van der Waals surface area contributed by atoms with Gasteiger partial charge in [0.1, 0.15) is 6.54 Å². The molecule has 5 heteroatoms. The average molecular weight is 258 g/mol. The molecular weight excluding hydrogens is 240 g/mol. The Hall–Kier alpha value is -2.30. The highest BCUT2D eigenvalue weighted by molar-refractivity contribution is 5.92. The van der Waals surface area contributed by atoms with Crippen molar-refractivity contribution < 1.29 is 4.79 Å². The van der Waals surface area contributed by atoms with Crippen LogP contribution < -0.4 is 10.6 Å². The summed E-state index contributed by atoms with van der Waals surface area (Å²) in [5.41, 5.74) is 9.11. The molecule has 1 aromatic heterocycles. The van der Waals surface area contributed by atoms with Gasteiger partial charge in [-0.25, -0.2) is 4.98 Å². The lowest BCUT2D eigenvalue weighted by Crippen LogP contribution is -2.30. The molecule has 2 N–H and O–H groups in total. The highest BCUT2D eigenvalue weighted by Crippen LogP contribution is 2.15. The number of nitrogens with two attached hydrogens (primary N) is 1. The Kier molecular flexibility index (Phi) is 3.55. The van der Waals surface area contributed by atoms with Gasteiger partial charge in [-0.15, -0.1) is 0 Å². The van der Waals surface area contributed by atoms with Gasteiger partial charge in [-0.3, -0.25) is 4.79 Å². The zero-order chi connectivity index (χ0) is 14.0. The normalized spacial score (nSPS) is 10.5. The van der Waals surface area contributed by atoms with Crippen LogP contribution in [0.5, 0.6) is 0 Å². The summed E-state index contributed by atoms with van der Waals surface area (Å²) < 4.78 is 1.85. The second-order valence-electron chi connectivity index (χ2n) is 4.59. The average Bonchev–Trinajstić information content (AvgIpc) is 2.71. The first kappa shape index (κ1) is 13.1.